The number of hydrogen-bond acceptors (Lipinski definition) is 8. The van der Waals surface area contributed by atoms with Crippen LogP contribution in [0.4, 0.5) is 4.79 Å². The molecule has 1 aliphatic heterocycles. The summed E-state index contributed by atoms with van der Waals surface area (Å²) < 4.78 is 42.5. The minimum atomic E-state index is -4.48. The number of carbonyl (C=O) groups is 3. The number of nitrogens with one attached hydrogen (secondary N) is 1. The quantitative estimate of drug-likeness (QED) is 0.500. The Kier molecular flexibility index (Phi) is 6.07. The van der Waals surface area contributed by atoms with E-state index in [0.717, 1.165) is 11.8 Å². The van der Waals surface area contributed by atoms with Crippen LogP contribution in [0.5, 0.6) is 0 Å². The lowest BCUT2D eigenvalue weighted by Gasteiger charge is -2.31. The smallest absolute Gasteiger partial charge is 0.346 e. The van der Waals surface area contributed by atoms with Crippen molar-refractivity contribution in [1.29, 1.82) is 0 Å². The van der Waals surface area contributed by atoms with E-state index in [1.807, 2.05) is 0 Å². The molecule has 0 spiro atoms. The van der Waals surface area contributed by atoms with Crippen molar-refractivity contribution in [3.63, 3.8) is 0 Å². The minimum Gasteiger partial charge on any atom is -0.472 e. The summed E-state index contributed by atoms with van der Waals surface area (Å²) in [6.07, 6.45) is 2.38. The van der Waals surface area contributed by atoms with E-state index in [4.69, 9.17) is 13.9 Å². The van der Waals surface area contributed by atoms with Gasteiger partial charge < -0.3 is 19.2 Å². The maximum Gasteiger partial charge on any atom is 0.346 e. The average molecular weight is 450 g/mol. The van der Waals surface area contributed by atoms with E-state index in [1.165, 1.54) is 38.3 Å². The first kappa shape index (κ1) is 22.3. The summed E-state index contributed by atoms with van der Waals surface area (Å²) in [4.78, 5) is 38.8. The maximum atomic E-state index is 13.4. The molecule has 0 aliphatic carbocycles. The van der Waals surface area contributed by atoms with Crippen molar-refractivity contribution in [3.8, 4) is 0 Å². The summed E-state index contributed by atoms with van der Waals surface area (Å²) in [5, 5.41) is 2.23. The molecule has 1 aromatic carbocycles. The molecule has 0 bridgehead atoms. The molecule has 2 aromatic rings. The van der Waals surface area contributed by atoms with E-state index in [2.05, 4.69) is 5.32 Å². The number of carbonyl (C=O) groups excluding carboxylic acids is 3. The molecule has 1 saturated heterocycles. The molecule has 10 nitrogen and oxygen atoms in total. The first-order valence-electron chi connectivity index (χ1n) is 9.49. The third kappa shape index (κ3) is 3.65. The van der Waals surface area contributed by atoms with E-state index >= 15 is 0 Å². The fourth-order valence-electron chi connectivity index (χ4n) is 3.37. The molecule has 1 atom stereocenters. The molecular formula is C20H22N2O8S. The molecule has 1 fully saturated rings. The Morgan fingerprint density at radius 1 is 1.10 bits per heavy atom. The topological polar surface area (TPSA) is 132 Å². The Bertz CT molecular complexity index is 1060. The molecule has 0 radical (unpaired) electrons. The van der Waals surface area contributed by atoms with Crippen LogP contribution in [0.15, 0.2) is 52.2 Å². The summed E-state index contributed by atoms with van der Waals surface area (Å²) >= 11 is 0. The van der Waals surface area contributed by atoms with E-state index in [-0.39, 0.29) is 23.7 Å². The van der Waals surface area contributed by atoms with Crippen LogP contribution in [0, 0.1) is 6.92 Å². The highest BCUT2D eigenvalue weighted by Gasteiger charge is 2.67. The van der Waals surface area contributed by atoms with Crippen LogP contribution >= 0.6 is 0 Å². The number of rotatable bonds is 7. The Hall–Kier alpha value is -3.34. The van der Waals surface area contributed by atoms with Crippen LogP contribution in [0.25, 0.3) is 0 Å². The van der Waals surface area contributed by atoms with Crippen LogP contribution in [0.1, 0.15) is 31.0 Å². The second-order valence-electron chi connectivity index (χ2n) is 6.75. The Morgan fingerprint density at radius 2 is 1.68 bits per heavy atom. The van der Waals surface area contributed by atoms with Gasteiger partial charge in [-0.3, -0.25) is 0 Å². The van der Waals surface area contributed by atoms with Gasteiger partial charge in [-0.05, 0) is 39.0 Å². The number of nitrogens with zero attached hydrogens (tertiary/aromatic N) is 1. The third-order valence-corrected chi connectivity index (χ3v) is 6.54. The van der Waals surface area contributed by atoms with Gasteiger partial charge in [0.15, 0.2) is 0 Å². The largest absolute Gasteiger partial charge is 0.472 e. The molecule has 2 amide bonds. The van der Waals surface area contributed by atoms with Crippen molar-refractivity contribution in [2.75, 3.05) is 13.2 Å². The summed E-state index contributed by atoms with van der Waals surface area (Å²) in [7, 11) is -4.48. The third-order valence-electron chi connectivity index (χ3n) is 4.78. The molecular weight excluding hydrogens is 428 g/mol. The molecule has 31 heavy (non-hydrogen) atoms. The summed E-state index contributed by atoms with van der Waals surface area (Å²) in [5.74, 6) is -2.29. The predicted molar refractivity (Wildman–Crippen MR) is 106 cm³/mol. The highest BCUT2D eigenvalue weighted by atomic mass is 32.2. The van der Waals surface area contributed by atoms with Gasteiger partial charge in [-0.25, -0.2) is 27.1 Å². The van der Waals surface area contributed by atoms with Crippen LogP contribution in [-0.4, -0.2) is 49.4 Å². The second-order valence-corrected chi connectivity index (χ2v) is 8.57. The zero-order valence-corrected chi connectivity index (χ0v) is 18.0. The summed E-state index contributed by atoms with van der Waals surface area (Å²) in [5.41, 5.74) is -1.55. The standard InChI is InChI=1S/C20H22N2O8S/c1-4-29-17(23)20(18(24)30-5-2)16(14-10-11-28-12-14)22(19(25)21-20)31(26,27)15-8-6-13(3)7-9-15/h6-12,16H,4-5H2,1-3H3,(H,21,25)/t16-/m1/s1. The van der Waals surface area contributed by atoms with Crippen molar-refractivity contribution >= 4 is 28.0 Å². The monoisotopic (exact) mass is 450 g/mol. The van der Waals surface area contributed by atoms with Gasteiger partial charge in [0.25, 0.3) is 15.6 Å². The molecule has 166 valence electrons. The van der Waals surface area contributed by atoms with Crippen molar-refractivity contribution in [3.05, 3.63) is 54.0 Å². The van der Waals surface area contributed by atoms with Gasteiger partial charge in [-0.15, -0.1) is 0 Å². The predicted octanol–water partition coefficient (Wildman–Crippen LogP) is 1.91. The van der Waals surface area contributed by atoms with Gasteiger partial charge in [0.05, 0.1) is 30.6 Å². The summed E-state index contributed by atoms with van der Waals surface area (Å²) in [6, 6.07) is 4.35. The molecule has 3 rings (SSSR count). The maximum absolute atomic E-state index is 13.4. The molecule has 1 aromatic heterocycles. The number of esters is 2. The lowest BCUT2D eigenvalue weighted by Crippen LogP contribution is -2.60. The molecule has 2 heterocycles. The van der Waals surface area contributed by atoms with Gasteiger partial charge in [-0.2, -0.15) is 0 Å². The molecule has 11 heteroatoms. The molecule has 0 unspecified atom stereocenters. The highest BCUT2D eigenvalue weighted by molar-refractivity contribution is 7.89. The zero-order chi connectivity index (χ0) is 22.8. The Labute approximate surface area is 179 Å². The normalized spacial score (nSPS) is 17.8. The first-order chi connectivity index (χ1) is 14.7. The minimum absolute atomic E-state index is 0.0927. The first-order valence-corrected chi connectivity index (χ1v) is 10.9. The number of urea groups is 1. The average Bonchev–Trinajstić information content (AvgIpc) is 3.35. The molecule has 0 saturated carbocycles. The second kappa shape index (κ2) is 8.42. The molecule has 1 aliphatic rings. The van der Waals surface area contributed by atoms with E-state index in [1.54, 1.807) is 19.1 Å². The summed E-state index contributed by atoms with van der Waals surface area (Å²) in [6.45, 7) is 4.58. The van der Waals surface area contributed by atoms with E-state index < -0.39 is 39.6 Å². The number of aryl methyl sites for hydroxylation is 1. The van der Waals surface area contributed by atoms with Crippen molar-refractivity contribution in [2.45, 2.75) is 37.2 Å². The van der Waals surface area contributed by atoms with E-state index in [0.29, 0.717) is 4.31 Å². The van der Waals surface area contributed by atoms with Gasteiger partial charge >= 0.3 is 18.0 Å². The van der Waals surface area contributed by atoms with Crippen molar-refractivity contribution in [1.82, 2.24) is 9.62 Å². The SMILES string of the molecule is CCOC(=O)C1(C(=O)OCC)NC(=O)N(S(=O)(=O)c2ccc(C)cc2)[C@@H]1c1ccoc1. The number of sulfonamides is 1. The molecule has 1 N–H and O–H groups in total. The van der Waals surface area contributed by atoms with Crippen molar-refractivity contribution < 1.29 is 36.7 Å². The van der Waals surface area contributed by atoms with E-state index in [9.17, 15) is 22.8 Å². The lowest BCUT2D eigenvalue weighted by molar-refractivity contribution is -0.166. The van der Waals surface area contributed by atoms with Crippen LogP contribution in [0.2, 0.25) is 0 Å². The van der Waals surface area contributed by atoms with Gasteiger partial charge in [0.1, 0.15) is 6.04 Å². The number of hydrogen-bond donors (Lipinski definition) is 1. The van der Waals surface area contributed by atoms with Crippen molar-refractivity contribution in [2.24, 2.45) is 0 Å². The number of benzene rings is 1. The van der Waals surface area contributed by atoms with Crippen LogP contribution in [-0.2, 0) is 29.1 Å². The highest BCUT2D eigenvalue weighted by Crippen LogP contribution is 2.42. The fraction of sp³-hybridized carbons (Fsp3) is 0.350. The lowest BCUT2D eigenvalue weighted by atomic mass is 9.87. The Morgan fingerprint density at radius 3 is 2.16 bits per heavy atom. The van der Waals surface area contributed by atoms with Gasteiger partial charge in [0, 0.05) is 5.56 Å². The van der Waals surface area contributed by atoms with Gasteiger partial charge in [-0.1, -0.05) is 17.7 Å². The number of furan rings is 1. The Balaban J connectivity index is 2.25. The van der Waals surface area contributed by atoms with Crippen LogP contribution < -0.4 is 5.32 Å². The number of amides is 2. The van der Waals surface area contributed by atoms with Gasteiger partial charge in [0.2, 0.25) is 0 Å². The van der Waals surface area contributed by atoms with Crippen LogP contribution in [0.3, 0.4) is 0 Å². The zero-order valence-electron chi connectivity index (χ0n) is 17.2. The number of ether oxygens (including phenoxy) is 2. The fourth-order valence-corrected chi connectivity index (χ4v) is 4.90.